The van der Waals surface area contributed by atoms with Gasteiger partial charge in [0.1, 0.15) is 11.9 Å². The van der Waals surface area contributed by atoms with Gasteiger partial charge in [-0.25, -0.2) is 14.4 Å². The molecule has 0 spiro atoms. The molecule has 2 N–H and O–H groups in total. The van der Waals surface area contributed by atoms with Crippen molar-refractivity contribution in [3.63, 3.8) is 0 Å². The van der Waals surface area contributed by atoms with Gasteiger partial charge in [-0.15, -0.1) is 0 Å². The summed E-state index contributed by atoms with van der Waals surface area (Å²) in [5, 5.41) is 6.48. The van der Waals surface area contributed by atoms with Crippen molar-refractivity contribution >= 4 is 11.8 Å². The number of rotatable bonds is 8. The molecule has 32 heavy (non-hydrogen) atoms. The van der Waals surface area contributed by atoms with Crippen molar-refractivity contribution in [3.05, 3.63) is 54.0 Å². The quantitative estimate of drug-likeness (QED) is 0.482. The first-order valence-corrected chi connectivity index (χ1v) is 11.2. The molecule has 174 valence electrons. The van der Waals surface area contributed by atoms with Gasteiger partial charge in [0.05, 0.1) is 25.3 Å². The molecular weight excluding hydrogens is 409 g/mol. The van der Waals surface area contributed by atoms with Crippen LogP contribution in [0.2, 0.25) is 0 Å². The van der Waals surface area contributed by atoms with Gasteiger partial charge in [0.25, 0.3) is 0 Å². The van der Waals surface area contributed by atoms with Crippen LogP contribution in [0.25, 0.3) is 0 Å². The number of para-hydroxylation sites is 1. The Morgan fingerprint density at radius 1 is 1.22 bits per heavy atom. The van der Waals surface area contributed by atoms with E-state index >= 15 is 0 Å². The predicted molar refractivity (Wildman–Crippen MR) is 126 cm³/mol. The highest BCUT2D eigenvalue weighted by molar-refractivity contribution is 5.79. The molecular formula is C24H34FN5O2. The number of nitrogens with one attached hydrogen (secondary N) is 2. The van der Waals surface area contributed by atoms with Crippen LogP contribution in [0.5, 0.6) is 5.75 Å². The molecule has 0 bridgehead atoms. The van der Waals surface area contributed by atoms with Crippen LogP contribution < -0.4 is 20.3 Å². The number of hydrogen-bond donors (Lipinski definition) is 2. The number of aliphatic imine (C=N–C) groups is 1. The second kappa shape index (κ2) is 11.7. The van der Waals surface area contributed by atoms with Crippen molar-refractivity contribution in [3.8, 4) is 5.75 Å². The van der Waals surface area contributed by atoms with E-state index in [-0.39, 0.29) is 29.9 Å². The fourth-order valence-corrected chi connectivity index (χ4v) is 3.61. The largest absolute Gasteiger partial charge is 0.486 e. The highest BCUT2D eigenvalue weighted by atomic mass is 19.1. The maximum Gasteiger partial charge on any atom is 0.191 e. The van der Waals surface area contributed by atoms with Crippen LogP contribution in [0.4, 0.5) is 10.2 Å². The highest BCUT2D eigenvalue weighted by Crippen LogP contribution is 2.19. The zero-order valence-corrected chi connectivity index (χ0v) is 19.3. The van der Waals surface area contributed by atoms with Crippen LogP contribution >= 0.6 is 0 Å². The summed E-state index contributed by atoms with van der Waals surface area (Å²) in [4.78, 5) is 11.5. The summed E-state index contributed by atoms with van der Waals surface area (Å²) in [6.07, 6.45) is 2.04. The maximum atomic E-state index is 13.8. The molecule has 0 aliphatic carbocycles. The summed E-state index contributed by atoms with van der Waals surface area (Å²) in [7, 11) is 0. The Kier molecular flexibility index (Phi) is 8.67. The van der Waals surface area contributed by atoms with Gasteiger partial charge < -0.3 is 25.0 Å². The minimum Gasteiger partial charge on any atom is -0.486 e. The summed E-state index contributed by atoms with van der Waals surface area (Å²) in [6, 6.07) is 10.5. The van der Waals surface area contributed by atoms with E-state index < -0.39 is 0 Å². The van der Waals surface area contributed by atoms with Crippen LogP contribution in [0.3, 0.4) is 0 Å². The summed E-state index contributed by atoms with van der Waals surface area (Å²) in [5.74, 6) is 1.52. The zero-order chi connectivity index (χ0) is 22.9. The van der Waals surface area contributed by atoms with E-state index in [4.69, 9.17) is 9.47 Å². The number of benzene rings is 1. The zero-order valence-electron chi connectivity index (χ0n) is 19.3. The third-order valence-electron chi connectivity index (χ3n) is 5.04. The molecule has 1 aromatic heterocycles. The maximum absolute atomic E-state index is 13.8. The second-order valence-corrected chi connectivity index (χ2v) is 8.12. The molecule has 1 aliphatic rings. The third-order valence-corrected chi connectivity index (χ3v) is 5.04. The van der Waals surface area contributed by atoms with Crippen LogP contribution in [-0.2, 0) is 11.3 Å². The Bertz CT molecular complexity index is 867. The van der Waals surface area contributed by atoms with Crippen LogP contribution in [0.1, 0.15) is 33.3 Å². The fourth-order valence-electron chi connectivity index (χ4n) is 3.61. The highest BCUT2D eigenvalue weighted by Gasteiger charge is 2.22. The van der Waals surface area contributed by atoms with Crippen LogP contribution in [0.15, 0.2) is 47.6 Å². The van der Waals surface area contributed by atoms with E-state index in [0.717, 1.165) is 31.0 Å². The van der Waals surface area contributed by atoms with Gasteiger partial charge in [-0.1, -0.05) is 18.2 Å². The van der Waals surface area contributed by atoms with Crippen molar-refractivity contribution in [2.45, 2.75) is 52.6 Å². The first kappa shape index (κ1) is 23.8. The molecule has 7 nitrogen and oxygen atoms in total. The number of guanidine groups is 1. The number of halogens is 1. The molecule has 1 aliphatic heterocycles. The molecule has 0 amide bonds. The minimum absolute atomic E-state index is 0.198. The standard InChI is InChI=1S/C24H34FN5O2/c1-5-26-24(28-12-17(2)32-22-9-7-6-8-21(22)25)29-14-20-10-11-23(27-13-20)30-15-18(3)31-19(4)16-30/h6-11,13,17-19H,5,12,14-16H2,1-4H3,(H2,26,28,29). The number of pyridine rings is 1. The van der Waals surface area contributed by atoms with E-state index in [2.05, 4.69) is 45.4 Å². The molecule has 0 radical (unpaired) electrons. The van der Waals surface area contributed by atoms with E-state index in [1.54, 1.807) is 18.2 Å². The molecule has 8 heteroatoms. The van der Waals surface area contributed by atoms with Crippen LogP contribution in [-0.4, -0.2) is 55.4 Å². The van der Waals surface area contributed by atoms with Crippen molar-refractivity contribution in [2.24, 2.45) is 4.99 Å². The van der Waals surface area contributed by atoms with Gasteiger partial charge in [0.15, 0.2) is 17.5 Å². The van der Waals surface area contributed by atoms with Crippen LogP contribution in [0, 0.1) is 5.82 Å². The van der Waals surface area contributed by atoms with E-state index in [9.17, 15) is 4.39 Å². The van der Waals surface area contributed by atoms with E-state index in [1.807, 2.05) is 26.1 Å². The molecule has 3 rings (SSSR count). The third kappa shape index (κ3) is 7.09. The number of aromatic nitrogens is 1. The summed E-state index contributed by atoms with van der Waals surface area (Å²) in [6.45, 7) is 11.5. The van der Waals surface area contributed by atoms with Crippen molar-refractivity contribution < 1.29 is 13.9 Å². The first-order valence-electron chi connectivity index (χ1n) is 11.2. The van der Waals surface area contributed by atoms with Gasteiger partial charge in [-0.3, -0.25) is 0 Å². The van der Waals surface area contributed by atoms with Crippen molar-refractivity contribution in [1.29, 1.82) is 0 Å². The molecule has 1 aromatic carbocycles. The second-order valence-electron chi connectivity index (χ2n) is 8.12. The summed E-state index contributed by atoms with van der Waals surface area (Å²) < 4.78 is 25.2. The predicted octanol–water partition coefficient (Wildman–Crippen LogP) is 3.36. The molecule has 3 unspecified atom stereocenters. The normalized spacial score (nSPS) is 20.0. The molecule has 1 fully saturated rings. The Labute approximate surface area is 190 Å². The van der Waals surface area contributed by atoms with Gasteiger partial charge in [0, 0.05) is 25.8 Å². The molecule has 0 saturated carbocycles. The SMILES string of the molecule is CCNC(=NCc1ccc(N2CC(C)OC(C)C2)nc1)NCC(C)Oc1ccccc1F. The molecule has 2 heterocycles. The Morgan fingerprint density at radius 2 is 1.97 bits per heavy atom. The number of hydrogen-bond acceptors (Lipinski definition) is 5. The summed E-state index contributed by atoms with van der Waals surface area (Å²) in [5.41, 5.74) is 1.02. The average Bonchev–Trinajstić information content (AvgIpc) is 2.77. The Morgan fingerprint density at radius 3 is 2.62 bits per heavy atom. The van der Waals surface area contributed by atoms with E-state index in [1.165, 1.54) is 6.07 Å². The Balaban J connectivity index is 1.53. The lowest BCUT2D eigenvalue weighted by Crippen LogP contribution is -2.45. The molecule has 2 aromatic rings. The minimum atomic E-state index is -0.364. The van der Waals surface area contributed by atoms with Gasteiger partial charge in [0.2, 0.25) is 0 Å². The lowest BCUT2D eigenvalue weighted by Gasteiger charge is -2.36. The van der Waals surface area contributed by atoms with Crippen molar-refractivity contribution in [1.82, 2.24) is 15.6 Å². The monoisotopic (exact) mass is 443 g/mol. The molecule has 3 atom stereocenters. The number of nitrogens with zero attached hydrogens (tertiary/aromatic N) is 3. The molecule has 1 saturated heterocycles. The van der Waals surface area contributed by atoms with E-state index in [0.29, 0.717) is 19.0 Å². The number of anilines is 1. The fraction of sp³-hybridized carbons (Fsp3) is 0.500. The lowest BCUT2D eigenvalue weighted by molar-refractivity contribution is -0.00546. The summed E-state index contributed by atoms with van der Waals surface area (Å²) >= 11 is 0. The number of morpholine rings is 1. The Hall–Kier alpha value is -2.87. The smallest absolute Gasteiger partial charge is 0.191 e. The van der Waals surface area contributed by atoms with Gasteiger partial charge in [-0.2, -0.15) is 0 Å². The number of ether oxygens (including phenoxy) is 2. The van der Waals surface area contributed by atoms with Gasteiger partial charge >= 0.3 is 0 Å². The topological polar surface area (TPSA) is 71.0 Å². The van der Waals surface area contributed by atoms with Crippen molar-refractivity contribution in [2.75, 3.05) is 31.1 Å². The van der Waals surface area contributed by atoms with Gasteiger partial charge in [-0.05, 0) is 51.5 Å². The average molecular weight is 444 g/mol. The first-order chi connectivity index (χ1) is 15.4. The lowest BCUT2D eigenvalue weighted by atomic mass is 10.2.